The fourth-order valence-electron chi connectivity index (χ4n) is 2.52. The monoisotopic (exact) mass is 316 g/mol. The molecule has 2 rings (SSSR count). The Morgan fingerprint density at radius 2 is 1.86 bits per heavy atom. The molecule has 1 heterocycles. The minimum atomic E-state index is -4.39. The second-order valence-corrected chi connectivity index (χ2v) is 5.43. The van der Waals surface area contributed by atoms with Crippen LogP contribution in [0.15, 0.2) is 30.3 Å². The van der Waals surface area contributed by atoms with Gasteiger partial charge < -0.3 is 15.4 Å². The maximum Gasteiger partial charge on any atom is 0.410 e. The molecule has 0 radical (unpaired) electrons. The summed E-state index contributed by atoms with van der Waals surface area (Å²) in [7, 11) is 0. The molecule has 1 fully saturated rings. The lowest BCUT2D eigenvalue weighted by molar-refractivity contribution is -0.162. The molecule has 1 aromatic carbocycles. The lowest BCUT2D eigenvalue weighted by Gasteiger charge is -2.34. The molecule has 4 nitrogen and oxygen atoms in total. The first-order chi connectivity index (χ1) is 10.4. The van der Waals surface area contributed by atoms with E-state index in [1.54, 1.807) is 0 Å². The van der Waals surface area contributed by atoms with Crippen LogP contribution < -0.4 is 5.73 Å². The smallest absolute Gasteiger partial charge is 0.410 e. The highest BCUT2D eigenvalue weighted by Crippen LogP contribution is 2.30. The lowest BCUT2D eigenvalue weighted by atomic mass is 9.90. The lowest BCUT2D eigenvalue weighted by Crippen LogP contribution is -2.49. The van der Waals surface area contributed by atoms with E-state index in [1.807, 2.05) is 30.3 Å². The fraction of sp³-hybridized carbons (Fsp3) is 0.533. The van der Waals surface area contributed by atoms with Crippen molar-refractivity contribution in [2.24, 2.45) is 11.7 Å². The summed E-state index contributed by atoms with van der Waals surface area (Å²) in [6.45, 7) is 0.631. The van der Waals surface area contributed by atoms with Crippen LogP contribution in [-0.4, -0.2) is 36.3 Å². The van der Waals surface area contributed by atoms with Crippen molar-refractivity contribution < 1.29 is 22.7 Å². The summed E-state index contributed by atoms with van der Waals surface area (Å²) in [6, 6.07) is 7.39. The second-order valence-electron chi connectivity index (χ2n) is 5.43. The van der Waals surface area contributed by atoms with Crippen LogP contribution in [0.3, 0.4) is 0 Å². The van der Waals surface area contributed by atoms with Crippen molar-refractivity contribution in [3.63, 3.8) is 0 Å². The molecule has 1 aliphatic rings. The number of benzene rings is 1. The van der Waals surface area contributed by atoms with Gasteiger partial charge in [-0.2, -0.15) is 13.2 Å². The SMILES string of the molecule is N[C@@H](C1CCN(C(=O)OCc2ccccc2)CC1)C(F)(F)F. The van der Waals surface area contributed by atoms with Gasteiger partial charge in [0.15, 0.2) is 0 Å². The zero-order valence-corrected chi connectivity index (χ0v) is 12.1. The molecule has 122 valence electrons. The van der Waals surface area contributed by atoms with Crippen molar-refractivity contribution >= 4 is 6.09 Å². The number of nitrogens with two attached hydrogens (primary N) is 1. The van der Waals surface area contributed by atoms with Gasteiger partial charge in [-0.15, -0.1) is 0 Å². The van der Waals surface area contributed by atoms with E-state index in [2.05, 4.69) is 0 Å². The third kappa shape index (κ3) is 4.37. The summed E-state index contributed by atoms with van der Waals surface area (Å²) in [4.78, 5) is 13.3. The molecular formula is C15H19F3N2O2. The Hall–Kier alpha value is -1.76. The molecule has 1 atom stereocenters. The first-order valence-electron chi connectivity index (χ1n) is 7.16. The molecule has 1 aliphatic heterocycles. The highest BCUT2D eigenvalue weighted by atomic mass is 19.4. The molecule has 1 aromatic rings. The van der Waals surface area contributed by atoms with Crippen LogP contribution in [0.4, 0.5) is 18.0 Å². The molecule has 7 heteroatoms. The maximum atomic E-state index is 12.6. The van der Waals surface area contributed by atoms with Crippen LogP contribution in [0.5, 0.6) is 0 Å². The maximum absolute atomic E-state index is 12.6. The topological polar surface area (TPSA) is 55.6 Å². The minimum Gasteiger partial charge on any atom is -0.445 e. The average molecular weight is 316 g/mol. The van der Waals surface area contributed by atoms with Crippen LogP contribution in [0.1, 0.15) is 18.4 Å². The van der Waals surface area contributed by atoms with E-state index in [0.29, 0.717) is 0 Å². The molecule has 0 aromatic heterocycles. The number of hydrogen-bond donors (Lipinski definition) is 1. The van der Waals surface area contributed by atoms with Gasteiger partial charge in [0.25, 0.3) is 0 Å². The quantitative estimate of drug-likeness (QED) is 0.933. The average Bonchev–Trinajstić information content (AvgIpc) is 2.52. The summed E-state index contributed by atoms with van der Waals surface area (Å²) < 4.78 is 42.9. The predicted octanol–water partition coefficient (Wildman–Crippen LogP) is 2.92. The largest absolute Gasteiger partial charge is 0.445 e. The Bertz CT molecular complexity index is 485. The molecule has 2 N–H and O–H groups in total. The number of piperidine rings is 1. The van der Waals surface area contributed by atoms with Crippen LogP contribution >= 0.6 is 0 Å². The van der Waals surface area contributed by atoms with E-state index in [-0.39, 0.29) is 32.5 Å². The normalized spacial score (nSPS) is 18.1. The van der Waals surface area contributed by atoms with Gasteiger partial charge in [0.2, 0.25) is 0 Å². The van der Waals surface area contributed by atoms with E-state index in [4.69, 9.17) is 10.5 Å². The van der Waals surface area contributed by atoms with E-state index in [9.17, 15) is 18.0 Å². The van der Waals surface area contributed by atoms with E-state index in [1.165, 1.54) is 4.90 Å². The molecule has 22 heavy (non-hydrogen) atoms. The van der Waals surface area contributed by atoms with Gasteiger partial charge >= 0.3 is 12.3 Å². The van der Waals surface area contributed by atoms with Crippen molar-refractivity contribution in [3.05, 3.63) is 35.9 Å². The van der Waals surface area contributed by atoms with Gasteiger partial charge in [-0.25, -0.2) is 4.79 Å². The van der Waals surface area contributed by atoms with Gasteiger partial charge in [-0.1, -0.05) is 30.3 Å². The Kier molecular flexibility index (Phi) is 5.28. The summed E-state index contributed by atoms with van der Waals surface area (Å²) in [5.74, 6) is -0.641. The highest BCUT2D eigenvalue weighted by Gasteiger charge is 2.43. The van der Waals surface area contributed by atoms with Crippen molar-refractivity contribution in [1.29, 1.82) is 0 Å². The first-order valence-corrected chi connectivity index (χ1v) is 7.16. The number of likely N-dealkylation sites (tertiary alicyclic amines) is 1. The standard InChI is InChI=1S/C15H19F3N2O2/c16-15(17,18)13(19)12-6-8-20(9-7-12)14(21)22-10-11-4-2-1-3-5-11/h1-5,12-13H,6-10,19H2/t13-/m0/s1. The van der Waals surface area contributed by atoms with Crippen molar-refractivity contribution in [1.82, 2.24) is 4.90 Å². The van der Waals surface area contributed by atoms with Crippen LogP contribution in [0.2, 0.25) is 0 Å². The Morgan fingerprint density at radius 3 is 2.41 bits per heavy atom. The fourth-order valence-corrected chi connectivity index (χ4v) is 2.52. The van der Waals surface area contributed by atoms with E-state index < -0.39 is 24.2 Å². The molecular weight excluding hydrogens is 297 g/mol. The number of amides is 1. The van der Waals surface area contributed by atoms with Crippen LogP contribution in [-0.2, 0) is 11.3 Å². The highest BCUT2D eigenvalue weighted by molar-refractivity contribution is 5.67. The van der Waals surface area contributed by atoms with Gasteiger partial charge in [-0.3, -0.25) is 0 Å². The number of hydrogen-bond acceptors (Lipinski definition) is 3. The Labute approximate surface area is 127 Å². The van der Waals surface area contributed by atoms with Gasteiger partial charge in [-0.05, 0) is 24.3 Å². The molecule has 0 saturated carbocycles. The number of carbonyl (C=O) groups is 1. The number of alkyl halides is 3. The van der Waals surface area contributed by atoms with E-state index in [0.717, 1.165) is 5.56 Å². The summed E-state index contributed by atoms with van der Waals surface area (Å²) >= 11 is 0. The number of halogens is 3. The van der Waals surface area contributed by atoms with Crippen LogP contribution in [0, 0.1) is 5.92 Å². The van der Waals surface area contributed by atoms with Crippen molar-refractivity contribution in [2.45, 2.75) is 31.7 Å². The zero-order valence-electron chi connectivity index (χ0n) is 12.1. The third-order valence-corrected chi connectivity index (χ3v) is 3.89. The number of rotatable bonds is 3. The Balaban J connectivity index is 1.78. The number of ether oxygens (including phenoxy) is 1. The molecule has 0 unspecified atom stereocenters. The van der Waals surface area contributed by atoms with Crippen LogP contribution in [0.25, 0.3) is 0 Å². The van der Waals surface area contributed by atoms with Gasteiger partial charge in [0, 0.05) is 13.1 Å². The summed E-state index contributed by atoms with van der Waals surface area (Å²) in [5, 5.41) is 0. The zero-order chi connectivity index (χ0) is 16.2. The Morgan fingerprint density at radius 1 is 1.27 bits per heavy atom. The summed E-state index contributed by atoms with van der Waals surface area (Å²) in [5.41, 5.74) is 6.09. The molecule has 0 bridgehead atoms. The molecule has 0 aliphatic carbocycles. The molecule has 1 saturated heterocycles. The molecule has 1 amide bonds. The predicted molar refractivity (Wildman–Crippen MR) is 75.0 cm³/mol. The minimum absolute atomic E-state index is 0.154. The van der Waals surface area contributed by atoms with Crippen molar-refractivity contribution in [2.75, 3.05) is 13.1 Å². The second kappa shape index (κ2) is 7.00. The van der Waals surface area contributed by atoms with E-state index >= 15 is 0 Å². The van der Waals surface area contributed by atoms with Crippen molar-refractivity contribution in [3.8, 4) is 0 Å². The molecule has 0 spiro atoms. The van der Waals surface area contributed by atoms with Gasteiger partial charge in [0.1, 0.15) is 12.6 Å². The first kappa shape index (κ1) is 16.6. The summed E-state index contributed by atoms with van der Waals surface area (Å²) in [6.07, 6.45) is -4.41. The van der Waals surface area contributed by atoms with Gasteiger partial charge in [0.05, 0.1) is 0 Å². The number of nitrogens with zero attached hydrogens (tertiary/aromatic N) is 1. The number of carbonyl (C=O) groups excluding carboxylic acids is 1. The third-order valence-electron chi connectivity index (χ3n) is 3.89.